The van der Waals surface area contributed by atoms with E-state index in [2.05, 4.69) is 18.5 Å². The molecule has 0 heterocycles. The lowest BCUT2D eigenvalue weighted by Crippen LogP contribution is -2.33. The average molecular weight is 248 g/mol. The van der Waals surface area contributed by atoms with E-state index in [1.54, 1.807) is 24.3 Å². The summed E-state index contributed by atoms with van der Waals surface area (Å²) in [6, 6.07) is 5.81. The van der Waals surface area contributed by atoms with Crippen molar-refractivity contribution >= 4 is 11.6 Å². The smallest absolute Gasteiger partial charge is 0.238 e. The summed E-state index contributed by atoms with van der Waals surface area (Å²) >= 11 is 0. The minimum atomic E-state index is -0.373. The molecular weight excluding hydrogens is 231 g/mol. The number of hydrogen-bond acceptors (Lipinski definition) is 2. The van der Waals surface area contributed by atoms with E-state index in [4.69, 9.17) is 0 Å². The highest BCUT2D eigenvalue weighted by atomic mass is 19.1. The number of nitrogens with zero attached hydrogens (tertiary/aromatic N) is 1. The molecule has 0 atom stereocenters. The lowest BCUT2D eigenvalue weighted by atomic mass is 10.3. The fourth-order valence-corrected chi connectivity index (χ4v) is 1.54. The summed E-state index contributed by atoms with van der Waals surface area (Å²) in [6.07, 6.45) is 3.44. The Morgan fingerprint density at radius 2 is 2.00 bits per heavy atom. The number of hydrogen-bond donors (Lipinski definition) is 1. The first-order chi connectivity index (χ1) is 8.65. The minimum Gasteiger partial charge on any atom is -0.325 e. The molecule has 18 heavy (non-hydrogen) atoms. The van der Waals surface area contributed by atoms with Gasteiger partial charge < -0.3 is 5.32 Å². The second kappa shape index (κ2) is 7.40. The average Bonchev–Trinajstić information content (AvgIpc) is 2.29. The molecule has 1 aromatic carbocycles. The maximum absolute atomic E-state index is 12.9. The maximum Gasteiger partial charge on any atom is 0.238 e. The van der Waals surface area contributed by atoms with Gasteiger partial charge in [-0.05, 0) is 18.2 Å². The van der Waals surface area contributed by atoms with E-state index in [9.17, 15) is 9.18 Å². The Labute approximate surface area is 107 Å². The Hall–Kier alpha value is -1.94. The fourth-order valence-electron chi connectivity index (χ4n) is 1.54. The van der Waals surface area contributed by atoms with Crippen molar-refractivity contribution in [2.24, 2.45) is 0 Å². The van der Waals surface area contributed by atoms with Crippen LogP contribution in [-0.4, -0.2) is 30.4 Å². The predicted octanol–water partition coefficient (Wildman–Crippen LogP) is 2.44. The third kappa shape index (κ3) is 4.93. The van der Waals surface area contributed by atoms with Crippen LogP contribution in [0, 0.1) is 5.82 Å². The second-order valence-electron chi connectivity index (χ2n) is 3.83. The van der Waals surface area contributed by atoms with Gasteiger partial charge in [0.25, 0.3) is 0 Å². The third-order valence-electron chi connectivity index (χ3n) is 2.25. The molecule has 3 nitrogen and oxygen atoms in total. The van der Waals surface area contributed by atoms with E-state index in [0.717, 1.165) is 0 Å². The Morgan fingerprint density at radius 1 is 1.33 bits per heavy atom. The molecule has 0 radical (unpaired) electrons. The molecule has 4 heteroatoms. The van der Waals surface area contributed by atoms with Crippen LogP contribution in [0.1, 0.15) is 0 Å². The summed E-state index contributed by atoms with van der Waals surface area (Å²) in [6.45, 7) is 8.67. The van der Waals surface area contributed by atoms with Gasteiger partial charge in [-0.3, -0.25) is 9.69 Å². The number of carbonyl (C=O) groups excluding carboxylic acids is 1. The summed E-state index contributed by atoms with van der Waals surface area (Å²) in [4.78, 5) is 13.6. The van der Waals surface area contributed by atoms with E-state index in [-0.39, 0.29) is 18.3 Å². The molecule has 0 unspecified atom stereocenters. The third-order valence-corrected chi connectivity index (χ3v) is 2.25. The lowest BCUT2D eigenvalue weighted by molar-refractivity contribution is -0.117. The van der Waals surface area contributed by atoms with Crippen molar-refractivity contribution in [1.82, 2.24) is 4.90 Å². The Morgan fingerprint density at radius 3 is 2.56 bits per heavy atom. The molecule has 1 aromatic rings. The van der Waals surface area contributed by atoms with Crippen molar-refractivity contribution in [2.75, 3.05) is 25.0 Å². The topological polar surface area (TPSA) is 32.3 Å². The number of anilines is 1. The number of carbonyl (C=O) groups is 1. The normalized spacial score (nSPS) is 10.1. The van der Waals surface area contributed by atoms with Crippen molar-refractivity contribution in [3.05, 3.63) is 55.4 Å². The van der Waals surface area contributed by atoms with Crippen LogP contribution >= 0.6 is 0 Å². The first-order valence-corrected chi connectivity index (χ1v) is 5.65. The van der Waals surface area contributed by atoms with Gasteiger partial charge in [-0.2, -0.15) is 0 Å². The molecule has 0 saturated carbocycles. The highest BCUT2D eigenvalue weighted by molar-refractivity contribution is 5.92. The summed E-state index contributed by atoms with van der Waals surface area (Å²) in [5.41, 5.74) is 0.456. The van der Waals surface area contributed by atoms with Crippen molar-refractivity contribution < 1.29 is 9.18 Å². The van der Waals surface area contributed by atoms with E-state index in [1.165, 1.54) is 12.1 Å². The summed E-state index contributed by atoms with van der Waals surface area (Å²) < 4.78 is 12.9. The SMILES string of the molecule is C=CCN(CC=C)CC(=O)Nc1cccc(F)c1. The van der Waals surface area contributed by atoms with Gasteiger partial charge in [-0.1, -0.05) is 18.2 Å². The van der Waals surface area contributed by atoms with Gasteiger partial charge in [0.2, 0.25) is 5.91 Å². The number of nitrogens with one attached hydrogen (secondary N) is 1. The molecule has 0 aliphatic rings. The van der Waals surface area contributed by atoms with Crippen molar-refractivity contribution in [3.63, 3.8) is 0 Å². The van der Waals surface area contributed by atoms with Gasteiger partial charge in [0, 0.05) is 18.8 Å². The zero-order valence-electron chi connectivity index (χ0n) is 10.2. The van der Waals surface area contributed by atoms with Crippen LogP contribution in [0.25, 0.3) is 0 Å². The zero-order valence-corrected chi connectivity index (χ0v) is 10.2. The van der Waals surface area contributed by atoms with Crippen LogP contribution in [0.15, 0.2) is 49.6 Å². The van der Waals surface area contributed by atoms with Crippen LogP contribution < -0.4 is 5.32 Å². The Balaban J connectivity index is 2.54. The van der Waals surface area contributed by atoms with Crippen molar-refractivity contribution in [2.45, 2.75) is 0 Å². The first-order valence-electron chi connectivity index (χ1n) is 5.65. The van der Waals surface area contributed by atoms with Crippen LogP contribution in [0.2, 0.25) is 0 Å². The lowest BCUT2D eigenvalue weighted by Gasteiger charge is -2.17. The number of benzene rings is 1. The van der Waals surface area contributed by atoms with Gasteiger partial charge in [-0.25, -0.2) is 4.39 Å². The first kappa shape index (κ1) is 14.1. The quantitative estimate of drug-likeness (QED) is 0.752. The van der Waals surface area contributed by atoms with E-state index >= 15 is 0 Å². The highest BCUT2D eigenvalue weighted by Crippen LogP contribution is 2.08. The molecule has 0 aliphatic heterocycles. The van der Waals surface area contributed by atoms with Crippen LogP contribution in [0.5, 0.6) is 0 Å². The standard InChI is InChI=1S/C14H17FN2O/c1-3-8-17(9-4-2)11-14(18)16-13-7-5-6-12(15)10-13/h3-7,10H,1-2,8-9,11H2,(H,16,18). The van der Waals surface area contributed by atoms with E-state index in [1.807, 2.05) is 4.90 Å². The second-order valence-corrected chi connectivity index (χ2v) is 3.83. The number of halogens is 1. The zero-order chi connectivity index (χ0) is 13.4. The molecule has 0 fully saturated rings. The maximum atomic E-state index is 12.9. The fraction of sp³-hybridized carbons (Fsp3) is 0.214. The molecule has 0 bridgehead atoms. The largest absolute Gasteiger partial charge is 0.325 e. The van der Waals surface area contributed by atoms with Crippen LogP contribution in [-0.2, 0) is 4.79 Å². The summed E-state index contributed by atoms with van der Waals surface area (Å²) in [5, 5.41) is 2.64. The molecule has 1 amide bonds. The highest BCUT2D eigenvalue weighted by Gasteiger charge is 2.08. The molecule has 0 saturated heterocycles. The molecular formula is C14H17FN2O. The summed E-state index contributed by atoms with van der Waals surface area (Å²) in [7, 11) is 0. The monoisotopic (exact) mass is 248 g/mol. The van der Waals surface area contributed by atoms with E-state index in [0.29, 0.717) is 18.8 Å². The van der Waals surface area contributed by atoms with Gasteiger partial charge in [-0.15, -0.1) is 13.2 Å². The molecule has 1 N–H and O–H groups in total. The van der Waals surface area contributed by atoms with Crippen LogP contribution in [0.4, 0.5) is 10.1 Å². The van der Waals surface area contributed by atoms with Gasteiger partial charge >= 0.3 is 0 Å². The van der Waals surface area contributed by atoms with Gasteiger partial charge in [0.15, 0.2) is 0 Å². The van der Waals surface area contributed by atoms with Crippen molar-refractivity contribution in [1.29, 1.82) is 0 Å². The number of amides is 1. The summed E-state index contributed by atoms with van der Waals surface area (Å²) in [5.74, 6) is -0.564. The minimum absolute atomic E-state index is 0.190. The molecule has 0 aliphatic carbocycles. The molecule has 0 spiro atoms. The number of rotatable bonds is 7. The Bertz CT molecular complexity index is 422. The molecule has 1 rings (SSSR count). The van der Waals surface area contributed by atoms with Gasteiger partial charge in [0.1, 0.15) is 5.82 Å². The van der Waals surface area contributed by atoms with Crippen LogP contribution in [0.3, 0.4) is 0 Å². The molecule has 96 valence electrons. The molecule has 0 aromatic heterocycles. The van der Waals surface area contributed by atoms with Crippen molar-refractivity contribution in [3.8, 4) is 0 Å². The Kier molecular flexibility index (Phi) is 5.80. The predicted molar refractivity (Wildman–Crippen MR) is 71.9 cm³/mol. The van der Waals surface area contributed by atoms with Gasteiger partial charge in [0.05, 0.1) is 6.54 Å². The van der Waals surface area contributed by atoms with E-state index < -0.39 is 0 Å².